The van der Waals surface area contributed by atoms with Gasteiger partial charge in [0, 0.05) is 29.0 Å². The molecule has 164 valence electrons. The number of esters is 1. The second-order valence-electron chi connectivity index (χ2n) is 7.81. The second kappa shape index (κ2) is 10.2. The molecule has 0 bridgehead atoms. The summed E-state index contributed by atoms with van der Waals surface area (Å²) in [4.78, 5) is 38.8. The quantitative estimate of drug-likeness (QED) is 0.360. The van der Waals surface area contributed by atoms with Gasteiger partial charge >= 0.3 is 5.97 Å². The average Bonchev–Trinajstić information content (AvgIpc) is 2.78. The Balaban J connectivity index is 1.94. The minimum absolute atomic E-state index is 0.0802. The molecular weight excluding hydrogens is 392 g/mol. The van der Waals surface area contributed by atoms with Gasteiger partial charge in [-0.1, -0.05) is 51.0 Å². The lowest BCUT2D eigenvalue weighted by Crippen LogP contribution is -2.26. The van der Waals surface area contributed by atoms with Crippen LogP contribution in [0.25, 0.3) is 0 Å². The number of ketones is 2. The molecule has 1 unspecified atom stereocenters. The van der Waals surface area contributed by atoms with Crippen molar-refractivity contribution in [3.05, 3.63) is 58.7 Å². The van der Waals surface area contributed by atoms with Crippen LogP contribution in [-0.2, 0) is 9.53 Å². The molecule has 2 aromatic carbocycles. The number of rotatable bonds is 10. The summed E-state index contributed by atoms with van der Waals surface area (Å²) in [6.45, 7) is 6.54. The number of nitrogens with one attached hydrogen (secondary N) is 2. The van der Waals surface area contributed by atoms with E-state index in [4.69, 9.17) is 4.74 Å². The molecule has 6 heteroatoms. The first kappa shape index (κ1) is 22.5. The summed E-state index contributed by atoms with van der Waals surface area (Å²) in [7, 11) is 0. The Morgan fingerprint density at radius 3 is 2.03 bits per heavy atom. The van der Waals surface area contributed by atoms with Gasteiger partial charge in [0.2, 0.25) is 0 Å². The summed E-state index contributed by atoms with van der Waals surface area (Å²) in [5.41, 5.74) is 2.56. The molecule has 0 amide bonds. The Morgan fingerprint density at radius 2 is 1.48 bits per heavy atom. The smallest absolute Gasteiger partial charge is 0.325 e. The molecule has 1 aliphatic rings. The van der Waals surface area contributed by atoms with Crippen LogP contribution in [0.2, 0.25) is 0 Å². The van der Waals surface area contributed by atoms with Gasteiger partial charge in [0.15, 0.2) is 11.6 Å². The van der Waals surface area contributed by atoms with Gasteiger partial charge in [-0.2, -0.15) is 0 Å². The zero-order valence-corrected chi connectivity index (χ0v) is 18.4. The molecule has 0 fully saturated rings. The topological polar surface area (TPSA) is 84.5 Å². The van der Waals surface area contributed by atoms with E-state index < -0.39 is 5.97 Å². The van der Waals surface area contributed by atoms with Gasteiger partial charge in [0.1, 0.15) is 6.54 Å². The number of unbranched alkanes of at least 4 members (excludes halogenated alkanes) is 2. The van der Waals surface area contributed by atoms with E-state index in [1.807, 2.05) is 13.8 Å². The van der Waals surface area contributed by atoms with E-state index in [2.05, 4.69) is 17.6 Å². The number of anilines is 2. The number of ether oxygens (including phenoxy) is 1. The van der Waals surface area contributed by atoms with Crippen LogP contribution in [0.5, 0.6) is 0 Å². The zero-order valence-electron chi connectivity index (χ0n) is 18.4. The third-order valence-corrected chi connectivity index (χ3v) is 5.50. The molecule has 0 saturated heterocycles. The molecular formula is C25H30N2O4. The van der Waals surface area contributed by atoms with Crippen molar-refractivity contribution < 1.29 is 19.1 Å². The van der Waals surface area contributed by atoms with Gasteiger partial charge in [0.25, 0.3) is 0 Å². The summed E-state index contributed by atoms with van der Waals surface area (Å²) in [6, 6.07) is 10.4. The molecule has 0 spiro atoms. The van der Waals surface area contributed by atoms with Crippen LogP contribution in [0.15, 0.2) is 36.4 Å². The van der Waals surface area contributed by atoms with Gasteiger partial charge in [-0.3, -0.25) is 14.4 Å². The minimum Gasteiger partial charge on any atom is -0.461 e. The first-order valence-electron chi connectivity index (χ1n) is 11.0. The second-order valence-corrected chi connectivity index (χ2v) is 7.81. The van der Waals surface area contributed by atoms with E-state index in [1.165, 1.54) is 0 Å². The monoisotopic (exact) mass is 422 g/mol. The summed E-state index contributed by atoms with van der Waals surface area (Å²) >= 11 is 0. The van der Waals surface area contributed by atoms with Crippen molar-refractivity contribution in [2.24, 2.45) is 0 Å². The third-order valence-electron chi connectivity index (χ3n) is 5.50. The standard InChI is InChI=1S/C25H30N2O4/c1-4-6-9-14-26-19-12-13-20(27-15-21(28)31-16(3)5-2)23-22(19)24(29)17-10-7-8-11-18(17)25(23)30/h7-8,10-13,16,26-27H,4-6,9,14-15H2,1-3H3. The molecule has 3 rings (SSSR count). The molecule has 31 heavy (non-hydrogen) atoms. The molecule has 2 N–H and O–H groups in total. The van der Waals surface area contributed by atoms with E-state index in [0.717, 1.165) is 32.2 Å². The Bertz CT molecular complexity index is 983. The Kier molecular flexibility index (Phi) is 7.45. The average molecular weight is 423 g/mol. The van der Waals surface area contributed by atoms with E-state index in [-0.39, 0.29) is 24.2 Å². The normalized spacial score (nSPS) is 13.3. The summed E-state index contributed by atoms with van der Waals surface area (Å²) < 4.78 is 5.30. The molecule has 1 aliphatic carbocycles. The first-order chi connectivity index (χ1) is 15.0. The summed E-state index contributed by atoms with van der Waals surface area (Å²) in [6.07, 6.45) is 3.71. The number of hydrogen-bond donors (Lipinski definition) is 2. The maximum atomic E-state index is 13.3. The van der Waals surface area contributed by atoms with Crippen molar-refractivity contribution >= 4 is 28.9 Å². The van der Waals surface area contributed by atoms with E-state index in [0.29, 0.717) is 33.6 Å². The van der Waals surface area contributed by atoms with E-state index >= 15 is 0 Å². The number of carbonyl (C=O) groups excluding carboxylic acids is 3. The lowest BCUT2D eigenvalue weighted by atomic mass is 9.82. The molecule has 0 aromatic heterocycles. The van der Waals surface area contributed by atoms with Crippen LogP contribution in [0.4, 0.5) is 11.4 Å². The van der Waals surface area contributed by atoms with Crippen LogP contribution < -0.4 is 10.6 Å². The molecule has 0 heterocycles. The minimum atomic E-state index is -0.403. The number of carbonyl (C=O) groups is 3. The van der Waals surface area contributed by atoms with Crippen molar-refractivity contribution in [2.75, 3.05) is 23.7 Å². The number of fused-ring (bicyclic) bond motifs is 2. The maximum absolute atomic E-state index is 13.3. The fourth-order valence-electron chi connectivity index (χ4n) is 3.63. The van der Waals surface area contributed by atoms with Crippen molar-refractivity contribution in [1.29, 1.82) is 0 Å². The highest BCUT2D eigenvalue weighted by Crippen LogP contribution is 2.36. The maximum Gasteiger partial charge on any atom is 0.325 e. The Labute approximate surface area is 183 Å². The fourth-order valence-corrected chi connectivity index (χ4v) is 3.63. The van der Waals surface area contributed by atoms with Crippen LogP contribution in [-0.4, -0.2) is 36.7 Å². The zero-order chi connectivity index (χ0) is 22.4. The van der Waals surface area contributed by atoms with Gasteiger partial charge < -0.3 is 15.4 Å². The Hall–Kier alpha value is -3.15. The van der Waals surface area contributed by atoms with Crippen LogP contribution in [0.3, 0.4) is 0 Å². The molecule has 1 atom stereocenters. The Morgan fingerprint density at radius 1 is 0.903 bits per heavy atom. The lowest BCUT2D eigenvalue weighted by Gasteiger charge is -2.24. The van der Waals surface area contributed by atoms with Crippen LogP contribution in [0.1, 0.15) is 78.3 Å². The summed E-state index contributed by atoms with van der Waals surface area (Å²) in [5, 5.41) is 6.33. The van der Waals surface area contributed by atoms with Gasteiger partial charge in [0.05, 0.1) is 17.2 Å². The fraction of sp³-hybridized carbons (Fsp3) is 0.400. The summed E-state index contributed by atoms with van der Waals surface area (Å²) in [5.74, 6) is -0.811. The van der Waals surface area contributed by atoms with Gasteiger partial charge in [-0.05, 0) is 31.9 Å². The van der Waals surface area contributed by atoms with E-state index in [9.17, 15) is 14.4 Å². The number of hydrogen-bond acceptors (Lipinski definition) is 6. The largest absolute Gasteiger partial charge is 0.461 e. The van der Waals surface area contributed by atoms with Crippen molar-refractivity contribution in [1.82, 2.24) is 0 Å². The van der Waals surface area contributed by atoms with E-state index in [1.54, 1.807) is 36.4 Å². The van der Waals surface area contributed by atoms with Crippen molar-refractivity contribution in [2.45, 2.75) is 52.6 Å². The first-order valence-corrected chi connectivity index (χ1v) is 11.0. The SMILES string of the molecule is CCCCCNc1ccc(NCC(=O)OC(C)CC)c2c1C(=O)c1ccccc1C2=O. The molecule has 2 aromatic rings. The highest BCUT2D eigenvalue weighted by Gasteiger charge is 2.33. The highest BCUT2D eigenvalue weighted by atomic mass is 16.5. The van der Waals surface area contributed by atoms with Gasteiger partial charge in [-0.15, -0.1) is 0 Å². The molecule has 0 aliphatic heterocycles. The van der Waals surface area contributed by atoms with Crippen molar-refractivity contribution in [3.63, 3.8) is 0 Å². The van der Waals surface area contributed by atoms with Crippen LogP contribution >= 0.6 is 0 Å². The van der Waals surface area contributed by atoms with Gasteiger partial charge in [-0.25, -0.2) is 0 Å². The van der Waals surface area contributed by atoms with Crippen molar-refractivity contribution in [3.8, 4) is 0 Å². The number of benzene rings is 2. The highest BCUT2D eigenvalue weighted by molar-refractivity contribution is 6.31. The molecule has 6 nitrogen and oxygen atoms in total. The lowest BCUT2D eigenvalue weighted by molar-refractivity contribution is -0.146. The molecule has 0 radical (unpaired) electrons. The predicted molar refractivity (Wildman–Crippen MR) is 122 cm³/mol. The predicted octanol–water partition coefficient (Wildman–Crippen LogP) is 4.82. The molecule has 0 saturated carbocycles. The van der Waals surface area contributed by atoms with Crippen LogP contribution in [0, 0.1) is 0 Å². The third kappa shape index (κ3) is 4.95.